The molecule has 0 aromatic heterocycles. The summed E-state index contributed by atoms with van der Waals surface area (Å²) in [6.45, 7) is 8.19. The van der Waals surface area contributed by atoms with Crippen LogP contribution in [0.4, 0.5) is 0 Å². The first-order valence-electron chi connectivity index (χ1n) is 6.12. The van der Waals surface area contributed by atoms with Gasteiger partial charge in [-0.15, -0.1) is 12.4 Å². The summed E-state index contributed by atoms with van der Waals surface area (Å²) in [5.74, 6) is 0.727. The van der Waals surface area contributed by atoms with Crippen LogP contribution in [0.3, 0.4) is 0 Å². The Morgan fingerprint density at radius 2 is 1.88 bits per heavy atom. The maximum Gasteiger partial charge on any atom is 0.220 e. The van der Waals surface area contributed by atoms with E-state index in [-0.39, 0.29) is 24.4 Å². The molecule has 0 saturated heterocycles. The average Bonchev–Trinajstić information content (AvgIpc) is 2.19. The summed E-state index contributed by atoms with van der Waals surface area (Å²) in [6, 6.07) is 0.0908. The first-order chi connectivity index (χ1) is 7.52. The zero-order chi connectivity index (χ0) is 12.4. The number of nitrogens with two attached hydrogens (primary N) is 1. The van der Waals surface area contributed by atoms with Gasteiger partial charge in [0.1, 0.15) is 0 Å². The number of halogens is 1. The summed E-state index contributed by atoms with van der Waals surface area (Å²) in [7, 11) is 0. The Morgan fingerprint density at radius 1 is 1.24 bits per heavy atom. The quantitative estimate of drug-likeness (QED) is 0.625. The second-order valence-corrected chi connectivity index (χ2v) is 4.66. The van der Waals surface area contributed by atoms with Crippen molar-refractivity contribution in [3.63, 3.8) is 0 Å². The molecule has 4 nitrogen and oxygen atoms in total. The molecule has 17 heavy (non-hydrogen) atoms. The van der Waals surface area contributed by atoms with Crippen LogP contribution in [0.1, 0.15) is 40.0 Å². The first-order valence-corrected chi connectivity index (χ1v) is 6.12. The molecule has 0 rings (SSSR count). The van der Waals surface area contributed by atoms with Gasteiger partial charge in [0.2, 0.25) is 5.91 Å². The van der Waals surface area contributed by atoms with Crippen LogP contribution < -0.4 is 11.1 Å². The molecule has 5 heteroatoms. The normalized spacial score (nSPS) is 12.1. The highest BCUT2D eigenvalue weighted by Gasteiger charge is 2.02. The van der Waals surface area contributed by atoms with Crippen molar-refractivity contribution >= 4 is 18.3 Å². The zero-order valence-corrected chi connectivity index (χ0v) is 12.0. The van der Waals surface area contributed by atoms with Crippen molar-refractivity contribution in [2.45, 2.75) is 46.1 Å². The molecular weight excluding hydrogens is 240 g/mol. The van der Waals surface area contributed by atoms with E-state index in [4.69, 9.17) is 10.5 Å². The van der Waals surface area contributed by atoms with Crippen LogP contribution in [0.2, 0.25) is 0 Å². The molecule has 0 saturated carbocycles. The van der Waals surface area contributed by atoms with Crippen LogP contribution >= 0.6 is 12.4 Å². The lowest BCUT2D eigenvalue weighted by atomic mass is 10.1. The standard InChI is InChI=1S/C12H26N2O2.ClH/c1-10(2)6-8-16-9-7-14-12(15)5-4-11(3)13;/h10-11H,4-9,13H2,1-3H3,(H,14,15);1H. The van der Waals surface area contributed by atoms with Gasteiger partial charge in [0.05, 0.1) is 6.61 Å². The second kappa shape index (κ2) is 12.1. The molecule has 104 valence electrons. The fourth-order valence-electron chi connectivity index (χ4n) is 1.13. The summed E-state index contributed by atoms with van der Waals surface area (Å²) < 4.78 is 5.38. The lowest BCUT2D eigenvalue weighted by Crippen LogP contribution is -2.28. The Hall–Kier alpha value is -0.320. The molecule has 0 aliphatic heterocycles. The van der Waals surface area contributed by atoms with Crippen LogP contribution in [0.25, 0.3) is 0 Å². The third-order valence-electron chi connectivity index (χ3n) is 2.23. The van der Waals surface area contributed by atoms with Crippen molar-refractivity contribution in [2.75, 3.05) is 19.8 Å². The summed E-state index contributed by atoms with van der Waals surface area (Å²) >= 11 is 0. The van der Waals surface area contributed by atoms with Crippen molar-refractivity contribution in [3.8, 4) is 0 Å². The molecular formula is C12H27ClN2O2. The molecule has 0 heterocycles. The van der Waals surface area contributed by atoms with Gasteiger partial charge in [-0.05, 0) is 25.7 Å². The van der Waals surface area contributed by atoms with Gasteiger partial charge in [-0.3, -0.25) is 4.79 Å². The number of carbonyl (C=O) groups excluding carboxylic acids is 1. The monoisotopic (exact) mass is 266 g/mol. The number of carbonyl (C=O) groups is 1. The maximum atomic E-state index is 11.3. The summed E-state index contributed by atoms with van der Waals surface area (Å²) in [5, 5.41) is 2.81. The molecule has 1 unspecified atom stereocenters. The van der Waals surface area contributed by atoms with E-state index in [9.17, 15) is 4.79 Å². The fraction of sp³-hybridized carbons (Fsp3) is 0.917. The van der Waals surface area contributed by atoms with Gasteiger partial charge in [0.25, 0.3) is 0 Å². The predicted octanol–water partition coefficient (Wildman–Crippen LogP) is 1.71. The van der Waals surface area contributed by atoms with Gasteiger partial charge in [-0.2, -0.15) is 0 Å². The number of hydrogen-bond acceptors (Lipinski definition) is 3. The van der Waals surface area contributed by atoms with Crippen molar-refractivity contribution in [1.29, 1.82) is 0 Å². The highest BCUT2D eigenvalue weighted by Crippen LogP contribution is 1.98. The van der Waals surface area contributed by atoms with Crippen molar-refractivity contribution in [1.82, 2.24) is 5.32 Å². The smallest absolute Gasteiger partial charge is 0.220 e. The Bertz CT molecular complexity index is 187. The molecule has 0 aliphatic carbocycles. The molecule has 0 aromatic rings. The molecule has 3 N–H and O–H groups in total. The van der Waals surface area contributed by atoms with Crippen LogP contribution in [-0.2, 0) is 9.53 Å². The fourth-order valence-corrected chi connectivity index (χ4v) is 1.13. The lowest BCUT2D eigenvalue weighted by Gasteiger charge is -2.08. The Labute approximate surface area is 111 Å². The minimum absolute atomic E-state index is 0. The van der Waals surface area contributed by atoms with Gasteiger partial charge in [-0.25, -0.2) is 0 Å². The Balaban J connectivity index is 0. The molecule has 0 radical (unpaired) electrons. The topological polar surface area (TPSA) is 64.3 Å². The van der Waals surface area contributed by atoms with Crippen molar-refractivity contribution in [3.05, 3.63) is 0 Å². The van der Waals surface area contributed by atoms with Gasteiger partial charge in [0, 0.05) is 25.6 Å². The number of nitrogens with one attached hydrogen (secondary N) is 1. The second-order valence-electron chi connectivity index (χ2n) is 4.66. The van der Waals surface area contributed by atoms with Gasteiger partial charge in [-0.1, -0.05) is 13.8 Å². The van der Waals surface area contributed by atoms with E-state index in [1.165, 1.54) is 0 Å². The van der Waals surface area contributed by atoms with Crippen LogP contribution in [0, 0.1) is 5.92 Å². The molecule has 1 atom stereocenters. The minimum atomic E-state index is 0. The number of hydrogen-bond donors (Lipinski definition) is 2. The number of rotatable bonds is 9. The van der Waals surface area contributed by atoms with Crippen molar-refractivity contribution < 1.29 is 9.53 Å². The summed E-state index contributed by atoms with van der Waals surface area (Å²) in [5.41, 5.74) is 5.56. The van der Waals surface area contributed by atoms with E-state index in [0.717, 1.165) is 19.4 Å². The molecule has 0 spiro atoms. The third-order valence-corrected chi connectivity index (χ3v) is 2.23. The van der Waals surface area contributed by atoms with E-state index in [2.05, 4.69) is 19.2 Å². The Kier molecular flexibility index (Phi) is 13.6. The number of amides is 1. The molecule has 0 aliphatic rings. The van der Waals surface area contributed by atoms with E-state index >= 15 is 0 Å². The third kappa shape index (κ3) is 15.7. The predicted molar refractivity (Wildman–Crippen MR) is 73.4 cm³/mol. The average molecular weight is 267 g/mol. The van der Waals surface area contributed by atoms with Gasteiger partial charge < -0.3 is 15.8 Å². The van der Waals surface area contributed by atoms with Gasteiger partial charge in [0.15, 0.2) is 0 Å². The SMILES string of the molecule is CC(C)CCOCCNC(=O)CCC(C)N.Cl. The molecule has 0 bridgehead atoms. The van der Waals surface area contributed by atoms with E-state index in [1.807, 2.05) is 6.92 Å². The van der Waals surface area contributed by atoms with E-state index in [0.29, 0.717) is 25.5 Å². The van der Waals surface area contributed by atoms with Gasteiger partial charge >= 0.3 is 0 Å². The van der Waals surface area contributed by atoms with E-state index < -0.39 is 0 Å². The first kappa shape index (κ1) is 19.0. The molecule has 0 aromatic carbocycles. The highest BCUT2D eigenvalue weighted by molar-refractivity contribution is 5.85. The summed E-state index contributed by atoms with van der Waals surface area (Å²) in [6.07, 6.45) is 2.31. The molecule has 0 fully saturated rings. The van der Waals surface area contributed by atoms with Crippen LogP contribution in [0.15, 0.2) is 0 Å². The largest absolute Gasteiger partial charge is 0.380 e. The summed E-state index contributed by atoms with van der Waals surface area (Å²) in [4.78, 5) is 11.3. The number of ether oxygens (including phenoxy) is 1. The lowest BCUT2D eigenvalue weighted by molar-refractivity contribution is -0.121. The van der Waals surface area contributed by atoms with Crippen LogP contribution in [-0.4, -0.2) is 31.7 Å². The Morgan fingerprint density at radius 3 is 2.41 bits per heavy atom. The van der Waals surface area contributed by atoms with E-state index in [1.54, 1.807) is 0 Å². The minimum Gasteiger partial charge on any atom is -0.380 e. The molecule has 1 amide bonds. The zero-order valence-electron chi connectivity index (χ0n) is 11.2. The highest BCUT2D eigenvalue weighted by atomic mass is 35.5. The van der Waals surface area contributed by atoms with Crippen molar-refractivity contribution in [2.24, 2.45) is 11.7 Å². The van der Waals surface area contributed by atoms with Crippen LogP contribution in [0.5, 0.6) is 0 Å². The maximum absolute atomic E-state index is 11.3.